The molecule has 0 amide bonds. The van der Waals surface area contributed by atoms with Gasteiger partial charge in [0.1, 0.15) is 0 Å². The second-order valence-electron chi connectivity index (χ2n) is 13.1. The molecule has 0 bridgehead atoms. The molecule has 0 aromatic heterocycles. The second kappa shape index (κ2) is 12.8. The molecule has 3 aromatic carbocycles. The van der Waals surface area contributed by atoms with Crippen LogP contribution in [0, 0.1) is 0 Å². The minimum Gasteiger partial charge on any atom is -1.00 e. The van der Waals surface area contributed by atoms with Crippen molar-refractivity contribution in [3.63, 3.8) is 0 Å². The lowest BCUT2D eigenvalue weighted by Gasteiger charge is -2.26. The summed E-state index contributed by atoms with van der Waals surface area (Å²) in [6.07, 6.45) is 13.3. The number of para-hydroxylation sites is 1. The van der Waals surface area contributed by atoms with Gasteiger partial charge in [0.05, 0.1) is 5.41 Å². The van der Waals surface area contributed by atoms with Gasteiger partial charge in [-0.2, -0.15) is 4.58 Å². The summed E-state index contributed by atoms with van der Waals surface area (Å²) in [7, 11) is 0. The van der Waals surface area contributed by atoms with Gasteiger partial charge in [0.2, 0.25) is 5.69 Å². The summed E-state index contributed by atoms with van der Waals surface area (Å²) in [6, 6.07) is 22.1. The van der Waals surface area contributed by atoms with Crippen LogP contribution >= 0.6 is 11.6 Å². The number of likely N-dealkylation sites (N-methyl/N-ethyl adjacent to an activating group) is 1. The number of fused-ring (bicyclic) bond motifs is 4. The highest BCUT2D eigenvalue weighted by Gasteiger charge is 2.45. The van der Waals surface area contributed by atoms with Gasteiger partial charge >= 0.3 is 0 Å². The van der Waals surface area contributed by atoms with E-state index in [9.17, 15) is 0 Å². The molecule has 0 atom stereocenters. The Labute approximate surface area is 279 Å². The number of nitrogens with two attached hydrogens (primary N) is 1. The highest BCUT2D eigenvalue weighted by molar-refractivity contribution is 6.32. The zero-order chi connectivity index (χ0) is 30.4. The average Bonchev–Trinajstić information content (AvgIpc) is 3.37. The molecule has 0 unspecified atom stereocenters. The fourth-order valence-corrected chi connectivity index (χ4v) is 7.89. The molecule has 44 heavy (non-hydrogen) atoms. The molecule has 3 aromatic rings. The van der Waals surface area contributed by atoms with Crippen molar-refractivity contribution in [3.8, 4) is 0 Å². The van der Waals surface area contributed by atoms with Crippen molar-refractivity contribution in [1.29, 1.82) is 0 Å². The van der Waals surface area contributed by atoms with E-state index in [2.05, 4.69) is 129 Å². The molecule has 6 rings (SSSR count). The van der Waals surface area contributed by atoms with E-state index in [-0.39, 0.29) is 27.8 Å². The fraction of sp³-hybridized carbons (Fsp3) is 0.359. The van der Waals surface area contributed by atoms with Gasteiger partial charge in [-0.25, -0.2) is 0 Å². The topological polar surface area (TPSA) is 32.3 Å². The zero-order valence-electron chi connectivity index (χ0n) is 26.8. The lowest BCUT2D eigenvalue weighted by Crippen LogP contribution is -3.00. The maximum Gasteiger partial charge on any atom is 0.210 e. The first-order valence-electron chi connectivity index (χ1n) is 15.9. The van der Waals surface area contributed by atoms with Gasteiger partial charge in [-0.3, -0.25) is 0 Å². The first-order valence-corrected chi connectivity index (χ1v) is 16.3. The predicted octanol–water partition coefficient (Wildman–Crippen LogP) is 6.43. The summed E-state index contributed by atoms with van der Waals surface area (Å²) in [6.45, 7) is 14.1. The molecule has 2 N–H and O–H groups in total. The molecule has 3 nitrogen and oxygen atoms in total. The summed E-state index contributed by atoms with van der Waals surface area (Å²) < 4.78 is 2.49. The van der Waals surface area contributed by atoms with Crippen molar-refractivity contribution >= 4 is 39.5 Å². The second-order valence-corrected chi connectivity index (χ2v) is 13.5. The van der Waals surface area contributed by atoms with Crippen LogP contribution in [0.15, 0.2) is 107 Å². The summed E-state index contributed by atoms with van der Waals surface area (Å²) in [4.78, 5) is 2.45. The summed E-state index contributed by atoms with van der Waals surface area (Å²) in [5, 5.41) is 3.52. The minimum absolute atomic E-state index is 0. The highest BCUT2D eigenvalue weighted by atomic mass is 79.9. The Morgan fingerprint density at radius 3 is 2.43 bits per heavy atom. The first kappa shape index (κ1) is 32.5. The van der Waals surface area contributed by atoms with Crippen LogP contribution in [0.2, 0.25) is 0 Å². The van der Waals surface area contributed by atoms with Gasteiger partial charge in [0, 0.05) is 52.5 Å². The Kier molecular flexibility index (Phi) is 9.47. The van der Waals surface area contributed by atoms with Crippen LogP contribution in [0.1, 0.15) is 71.4 Å². The van der Waals surface area contributed by atoms with Crippen LogP contribution < -0.4 is 27.6 Å². The van der Waals surface area contributed by atoms with E-state index < -0.39 is 0 Å². The molecule has 3 aliphatic rings. The number of nitrogens with zero attached hydrogens (tertiary/aromatic N) is 2. The van der Waals surface area contributed by atoms with Gasteiger partial charge in [0.25, 0.3) is 0 Å². The zero-order valence-corrected chi connectivity index (χ0v) is 29.1. The van der Waals surface area contributed by atoms with E-state index in [0.29, 0.717) is 6.54 Å². The van der Waals surface area contributed by atoms with E-state index in [1.54, 1.807) is 0 Å². The van der Waals surface area contributed by atoms with Crippen LogP contribution in [0.4, 0.5) is 11.4 Å². The lowest BCUT2D eigenvalue weighted by molar-refractivity contribution is -0.437. The number of allylic oxidation sites excluding steroid dienone is 8. The molecular weight excluding hydrogens is 626 g/mol. The van der Waals surface area contributed by atoms with Crippen LogP contribution in [0.3, 0.4) is 0 Å². The Balaban J connectivity index is 0.00000384. The van der Waals surface area contributed by atoms with Crippen molar-refractivity contribution in [2.75, 3.05) is 24.5 Å². The Hall–Kier alpha value is -2.92. The predicted molar refractivity (Wildman–Crippen MR) is 185 cm³/mol. The van der Waals surface area contributed by atoms with Crippen LogP contribution in [0.5, 0.6) is 0 Å². The molecule has 0 saturated carbocycles. The Bertz CT molecular complexity index is 1740. The van der Waals surface area contributed by atoms with Crippen molar-refractivity contribution in [1.82, 2.24) is 0 Å². The molecule has 230 valence electrons. The van der Waals surface area contributed by atoms with Crippen LogP contribution in [-0.4, -0.2) is 29.9 Å². The van der Waals surface area contributed by atoms with Gasteiger partial charge in [-0.1, -0.05) is 80.1 Å². The molecule has 5 heteroatoms. The van der Waals surface area contributed by atoms with Crippen molar-refractivity contribution < 1.29 is 21.6 Å². The minimum atomic E-state index is -0.140. The summed E-state index contributed by atoms with van der Waals surface area (Å²) in [5.74, 6) is 0. The van der Waals surface area contributed by atoms with E-state index in [1.165, 1.54) is 55.8 Å². The number of anilines is 1. The van der Waals surface area contributed by atoms with E-state index >= 15 is 0 Å². The maximum absolute atomic E-state index is 7.19. The number of benzene rings is 3. The maximum atomic E-state index is 7.19. The normalized spacial score (nSPS) is 20.7. The van der Waals surface area contributed by atoms with Crippen molar-refractivity contribution in [3.05, 3.63) is 118 Å². The van der Waals surface area contributed by atoms with Gasteiger partial charge in [-0.15, -0.1) is 0 Å². The number of rotatable bonds is 7. The fourth-order valence-electron chi connectivity index (χ4n) is 7.57. The van der Waals surface area contributed by atoms with Crippen LogP contribution in [-0.2, 0) is 10.8 Å². The van der Waals surface area contributed by atoms with E-state index in [4.69, 9.17) is 17.3 Å². The average molecular weight is 671 g/mol. The lowest BCUT2D eigenvalue weighted by atomic mass is 9.79. The summed E-state index contributed by atoms with van der Waals surface area (Å²) in [5.41, 5.74) is 16.3. The smallest absolute Gasteiger partial charge is 0.210 e. The number of hydrogen-bond donors (Lipinski definition) is 1. The third-order valence-electron chi connectivity index (χ3n) is 9.80. The molecule has 2 aliphatic heterocycles. The van der Waals surface area contributed by atoms with E-state index in [1.807, 2.05) is 0 Å². The molecule has 0 spiro atoms. The third-order valence-corrected chi connectivity index (χ3v) is 10.3. The third kappa shape index (κ3) is 5.44. The SMILES string of the molecule is CCN1/C(=C/C=C2\CCCC(/C=C/C3=[N+](CCCN)c4ccc5ccccc5c4C3(C)C)=C2Cl)C(C)(C)c2ccccc21.[Br-]. The number of hydrogen-bond acceptors (Lipinski definition) is 2. The monoisotopic (exact) mass is 669 g/mol. The van der Waals surface area contributed by atoms with E-state index in [0.717, 1.165) is 43.8 Å². The largest absolute Gasteiger partial charge is 1.00 e. The Morgan fingerprint density at radius 2 is 1.66 bits per heavy atom. The molecular formula is C39H45BrClN3. The van der Waals surface area contributed by atoms with Crippen molar-refractivity contribution in [2.45, 2.75) is 71.1 Å². The van der Waals surface area contributed by atoms with Gasteiger partial charge < -0.3 is 27.6 Å². The molecule has 2 heterocycles. The summed E-state index contributed by atoms with van der Waals surface area (Å²) >= 11 is 7.19. The first-order chi connectivity index (χ1) is 20.7. The van der Waals surface area contributed by atoms with Crippen LogP contribution in [0.25, 0.3) is 10.8 Å². The highest BCUT2D eigenvalue weighted by Crippen LogP contribution is 2.48. The Morgan fingerprint density at radius 1 is 0.909 bits per heavy atom. The molecule has 0 saturated heterocycles. The molecule has 0 radical (unpaired) electrons. The van der Waals surface area contributed by atoms with Gasteiger partial charge in [-0.05, 0) is 92.3 Å². The standard InChI is InChI=1S/C39H45ClN3.BrH/c1-6-42-32-18-10-9-17-31(32)38(2,3)34(42)23-20-28-14-11-15-29(37(28)40)21-24-35-39(4,5)36-30-16-8-7-13-27(30)19-22-33(36)43(35)26-12-25-41;/h7-10,13,16-24H,6,11-12,14-15,25-26,41H2,1-5H3;1H/q+1;/p-1. The molecule has 0 fully saturated rings. The quantitative estimate of drug-likeness (QED) is 0.294. The molecule has 1 aliphatic carbocycles. The van der Waals surface area contributed by atoms with Crippen molar-refractivity contribution in [2.24, 2.45) is 5.73 Å². The number of halogens is 2. The van der Waals surface area contributed by atoms with Gasteiger partial charge in [0.15, 0.2) is 12.3 Å².